The van der Waals surface area contributed by atoms with Crippen molar-refractivity contribution in [3.8, 4) is 0 Å². The van der Waals surface area contributed by atoms with E-state index in [2.05, 4.69) is 5.32 Å². The number of rotatable bonds is 2. The molecule has 1 aliphatic heterocycles. The summed E-state index contributed by atoms with van der Waals surface area (Å²) in [6.45, 7) is 0.0779. The fraction of sp³-hybridized carbons (Fsp3) is 0.273. The van der Waals surface area contributed by atoms with Gasteiger partial charge in [0.15, 0.2) is 0 Å². The van der Waals surface area contributed by atoms with Gasteiger partial charge in [0.2, 0.25) is 0 Å². The molecule has 0 spiro atoms. The van der Waals surface area contributed by atoms with Crippen molar-refractivity contribution < 1.29 is 23.5 Å². The van der Waals surface area contributed by atoms with E-state index < -0.39 is 35.2 Å². The first kappa shape index (κ1) is 12.3. The summed E-state index contributed by atoms with van der Waals surface area (Å²) in [5.74, 6) is -3.35. The quantitative estimate of drug-likeness (QED) is 0.842. The number of likely N-dealkylation sites (tertiary alicyclic amines) is 1. The third-order valence-corrected chi connectivity index (χ3v) is 2.71. The number of nitrogens with one attached hydrogen (secondary N) is 1. The molecule has 2 N–H and O–H groups in total. The van der Waals surface area contributed by atoms with Gasteiger partial charge in [-0.15, -0.1) is 0 Å². The third kappa shape index (κ3) is 2.24. The lowest BCUT2D eigenvalue weighted by molar-refractivity contribution is -0.145. The van der Waals surface area contributed by atoms with Crippen LogP contribution < -0.4 is 5.32 Å². The maximum Gasteiger partial charge on any atom is 0.322 e. The molecule has 0 saturated carbocycles. The van der Waals surface area contributed by atoms with Crippen molar-refractivity contribution in [3.63, 3.8) is 0 Å². The number of carboxylic acids is 1. The van der Waals surface area contributed by atoms with Crippen LogP contribution in [0.2, 0.25) is 0 Å². The minimum atomic E-state index is -0.990. The number of carbonyl (C=O) groups is 2. The first-order valence-electron chi connectivity index (χ1n) is 5.22. The standard InChI is InChI=1S/C11H10F2N2O3/c12-7-2-1-3-8(13)9(7)14-11(18)15-4-6(5-15)10(16)17/h1-3,6H,4-5H2,(H,14,18)(H,16,17). The molecule has 0 unspecified atom stereocenters. The number of nitrogens with zero attached hydrogens (tertiary/aromatic N) is 1. The van der Waals surface area contributed by atoms with Gasteiger partial charge in [-0.3, -0.25) is 4.79 Å². The Kier molecular flexibility index (Phi) is 3.14. The largest absolute Gasteiger partial charge is 0.481 e. The molecular formula is C11H10F2N2O3. The van der Waals surface area contributed by atoms with Gasteiger partial charge in [-0.1, -0.05) is 6.07 Å². The number of aliphatic carboxylic acids is 1. The summed E-state index contributed by atoms with van der Waals surface area (Å²) in [5, 5.41) is 10.7. The molecule has 1 saturated heterocycles. The van der Waals surface area contributed by atoms with Gasteiger partial charge in [0.1, 0.15) is 17.3 Å². The summed E-state index contributed by atoms with van der Waals surface area (Å²) in [6.07, 6.45) is 0. The van der Waals surface area contributed by atoms with Gasteiger partial charge in [0.05, 0.1) is 5.92 Å². The smallest absolute Gasteiger partial charge is 0.322 e. The highest BCUT2D eigenvalue weighted by Crippen LogP contribution is 2.21. The Morgan fingerprint density at radius 2 is 1.83 bits per heavy atom. The average Bonchev–Trinajstić information content (AvgIpc) is 2.21. The fourth-order valence-electron chi connectivity index (χ4n) is 1.60. The first-order chi connectivity index (χ1) is 8.49. The van der Waals surface area contributed by atoms with Crippen molar-refractivity contribution in [2.24, 2.45) is 5.92 Å². The summed E-state index contributed by atoms with van der Waals surface area (Å²) in [7, 11) is 0. The predicted octanol–water partition coefficient (Wildman–Crippen LogP) is 1.51. The normalized spacial score (nSPS) is 15.1. The Bertz CT molecular complexity index is 481. The molecule has 7 heteroatoms. The van der Waals surface area contributed by atoms with E-state index in [1.165, 1.54) is 11.0 Å². The number of carbonyl (C=O) groups excluding carboxylic acids is 1. The van der Waals surface area contributed by atoms with Crippen molar-refractivity contribution in [1.82, 2.24) is 4.90 Å². The van der Waals surface area contributed by atoms with Crippen molar-refractivity contribution in [1.29, 1.82) is 0 Å². The number of carboxylic acid groups (broad SMARTS) is 1. The number of anilines is 1. The topological polar surface area (TPSA) is 69.6 Å². The molecule has 18 heavy (non-hydrogen) atoms. The SMILES string of the molecule is O=C(O)C1CN(C(=O)Nc2c(F)cccc2F)C1. The van der Waals surface area contributed by atoms with E-state index in [-0.39, 0.29) is 13.1 Å². The number of benzene rings is 1. The molecule has 0 radical (unpaired) electrons. The van der Waals surface area contributed by atoms with E-state index in [9.17, 15) is 18.4 Å². The van der Waals surface area contributed by atoms with Crippen LogP contribution in [-0.4, -0.2) is 35.1 Å². The van der Waals surface area contributed by atoms with E-state index >= 15 is 0 Å². The molecule has 1 aromatic carbocycles. The molecule has 96 valence electrons. The van der Waals surface area contributed by atoms with E-state index in [0.717, 1.165) is 12.1 Å². The zero-order chi connectivity index (χ0) is 13.3. The van der Waals surface area contributed by atoms with Gasteiger partial charge in [0, 0.05) is 13.1 Å². The van der Waals surface area contributed by atoms with Gasteiger partial charge in [0.25, 0.3) is 0 Å². The second-order valence-corrected chi connectivity index (χ2v) is 3.97. The van der Waals surface area contributed by atoms with Gasteiger partial charge in [-0.05, 0) is 12.1 Å². The van der Waals surface area contributed by atoms with E-state index in [4.69, 9.17) is 5.11 Å². The Morgan fingerprint density at radius 3 is 2.33 bits per heavy atom. The third-order valence-electron chi connectivity index (χ3n) is 2.71. The van der Waals surface area contributed by atoms with Crippen molar-refractivity contribution in [2.75, 3.05) is 18.4 Å². The highest BCUT2D eigenvalue weighted by Gasteiger charge is 2.36. The number of hydrogen-bond donors (Lipinski definition) is 2. The molecule has 5 nitrogen and oxygen atoms in total. The molecule has 1 heterocycles. The predicted molar refractivity (Wildman–Crippen MR) is 58.1 cm³/mol. The molecule has 0 atom stereocenters. The van der Waals surface area contributed by atoms with Crippen LogP contribution in [0.4, 0.5) is 19.3 Å². The van der Waals surface area contributed by atoms with E-state index in [1.54, 1.807) is 0 Å². The first-order valence-corrected chi connectivity index (χ1v) is 5.22. The van der Waals surface area contributed by atoms with Crippen LogP contribution in [0, 0.1) is 17.6 Å². The molecule has 1 aliphatic rings. The number of urea groups is 1. The van der Waals surface area contributed by atoms with Gasteiger partial charge >= 0.3 is 12.0 Å². The molecular weight excluding hydrogens is 246 g/mol. The Balaban J connectivity index is 1.99. The Morgan fingerprint density at radius 1 is 1.28 bits per heavy atom. The van der Waals surface area contributed by atoms with Crippen LogP contribution >= 0.6 is 0 Å². The number of halogens is 2. The minimum Gasteiger partial charge on any atom is -0.481 e. The Hall–Kier alpha value is -2.18. The monoisotopic (exact) mass is 256 g/mol. The lowest BCUT2D eigenvalue weighted by atomic mass is 10.0. The Labute approximate surface area is 101 Å². The molecule has 0 aromatic heterocycles. The zero-order valence-corrected chi connectivity index (χ0v) is 9.19. The molecule has 2 rings (SSSR count). The summed E-state index contributed by atoms with van der Waals surface area (Å²) in [6, 6.07) is 2.52. The lowest BCUT2D eigenvalue weighted by Crippen LogP contribution is -2.54. The summed E-state index contributed by atoms with van der Waals surface area (Å²) in [4.78, 5) is 23.3. The summed E-state index contributed by atoms with van der Waals surface area (Å²) < 4.78 is 26.5. The van der Waals surface area contributed by atoms with E-state index in [1.807, 2.05) is 0 Å². The van der Waals surface area contributed by atoms with Gasteiger partial charge in [-0.2, -0.15) is 0 Å². The average molecular weight is 256 g/mol. The molecule has 0 aliphatic carbocycles. The fourth-order valence-corrected chi connectivity index (χ4v) is 1.60. The van der Waals surface area contributed by atoms with Gasteiger partial charge in [-0.25, -0.2) is 13.6 Å². The highest BCUT2D eigenvalue weighted by molar-refractivity contribution is 5.91. The van der Waals surface area contributed by atoms with Crippen LogP contribution in [0.25, 0.3) is 0 Å². The van der Waals surface area contributed by atoms with Crippen LogP contribution in [0.1, 0.15) is 0 Å². The summed E-state index contributed by atoms with van der Waals surface area (Å²) in [5.41, 5.74) is -0.527. The van der Waals surface area contributed by atoms with Crippen LogP contribution in [0.15, 0.2) is 18.2 Å². The van der Waals surface area contributed by atoms with Crippen LogP contribution in [0.3, 0.4) is 0 Å². The number of para-hydroxylation sites is 1. The number of amides is 2. The van der Waals surface area contributed by atoms with Crippen molar-refractivity contribution in [3.05, 3.63) is 29.8 Å². The second-order valence-electron chi connectivity index (χ2n) is 3.97. The summed E-state index contributed by atoms with van der Waals surface area (Å²) >= 11 is 0. The van der Waals surface area contributed by atoms with Crippen LogP contribution in [-0.2, 0) is 4.79 Å². The van der Waals surface area contributed by atoms with E-state index in [0.29, 0.717) is 0 Å². The lowest BCUT2D eigenvalue weighted by Gasteiger charge is -2.36. The molecule has 1 fully saturated rings. The zero-order valence-electron chi connectivity index (χ0n) is 9.19. The number of hydrogen-bond acceptors (Lipinski definition) is 2. The van der Waals surface area contributed by atoms with Crippen molar-refractivity contribution >= 4 is 17.7 Å². The molecule has 2 amide bonds. The van der Waals surface area contributed by atoms with Gasteiger partial charge < -0.3 is 15.3 Å². The maximum absolute atomic E-state index is 13.2. The second kappa shape index (κ2) is 4.59. The minimum absolute atomic E-state index is 0.0389. The molecule has 0 bridgehead atoms. The highest BCUT2D eigenvalue weighted by atomic mass is 19.1. The van der Waals surface area contributed by atoms with Crippen LogP contribution in [0.5, 0.6) is 0 Å². The van der Waals surface area contributed by atoms with Crippen molar-refractivity contribution in [2.45, 2.75) is 0 Å². The molecule has 1 aromatic rings. The maximum atomic E-state index is 13.2.